The maximum absolute atomic E-state index is 13.1. The maximum atomic E-state index is 13.1. The number of aromatic nitrogens is 1. The zero-order valence-corrected chi connectivity index (χ0v) is 19.3. The van der Waals surface area contributed by atoms with E-state index in [4.69, 9.17) is 32.7 Å². The molecule has 162 valence electrons. The Kier molecular flexibility index (Phi) is 7.13. The van der Waals surface area contributed by atoms with Crippen LogP contribution in [0.5, 0.6) is 5.75 Å². The fourth-order valence-electron chi connectivity index (χ4n) is 3.42. The summed E-state index contributed by atoms with van der Waals surface area (Å²) in [6, 6.07) is 12.9. The number of benzene rings is 2. The molecule has 1 aliphatic rings. The third-order valence-corrected chi connectivity index (χ3v) is 6.40. The van der Waals surface area contributed by atoms with Gasteiger partial charge in [-0.1, -0.05) is 35.3 Å². The molecular formula is C23H22Cl2N2O3S. The van der Waals surface area contributed by atoms with Crippen molar-refractivity contribution in [3.63, 3.8) is 0 Å². The molecule has 0 N–H and O–H groups in total. The summed E-state index contributed by atoms with van der Waals surface area (Å²) in [6.07, 6.45) is 1.91. The quantitative estimate of drug-likeness (QED) is 0.418. The second kappa shape index (κ2) is 10.0. The summed E-state index contributed by atoms with van der Waals surface area (Å²) in [5, 5.41) is 3.56. The van der Waals surface area contributed by atoms with E-state index in [-0.39, 0.29) is 18.6 Å². The van der Waals surface area contributed by atoms with E-state index in [2.05, 4.69) is 4.98 Å². The van der Waals surface area contributed by atoms with Crippen molar-refractivity contribution in [2.45, 2.75) is 25.9 Å². The Balaban J connectivity index is 1.54. The molecule has 1 aliphatic heterocycles. The Bertz CT molecular complexity index is 1070. The van der Waals surface area contributed by atoms with Crippen LogP contribution in [0.25, 0.3) is 11.3 Å². The summed E-state index contributed by atoms with van der Waals surface area (Å²) in [7, 11) is 0. The van der Waals surface area contributed by atoms with Crippen LogP contribution in [0.2, 0.25) is 10.0 Å². The SMILES string of the molecule is Cc1cccc(OCC(=O)N(CC2CCCO2)c2nc(-c3ccc(Cl)cc3Cl)cs2)c1. The third-order valence-electron chi connectivity index (χ3n) is 4.99. The van der Waals surface area contributed by atoms with E-state index in [1.54, 1.807) is 17.0 Å². The third kappa shape index (κ3) is 5.57. The molecule has 3 aromatic rings. The van der Waals surface area contributed by atoms with Crippen molar-refractivity contribution in [1.29, 1.82) is 0 Å². The van der Waals surface area contributed by atoms with Crippen LogP contribution in [0.3, 0.4) is 0 Å². The average Bonchev–Trinajstić information content (AvgIpc) is 3.42. The van der Waals surface area contributed by atoms with E-state index in [0.717, 1.165) is 30.6 Å². The van der Waals surface area contributed by atoms with Crippen LogP contribution in [0.1, 0.15) is 18.4 Å². The molecule has 0 aliphatic carbocycles. The average molecular weight is 477 g/mol. The minimum Gasteiger partial charge on any atom is -0.484 e. The first-order valence-corrected chi connectivity index (χ1v) is 11.7. The van der Waals surface area contributed by atoms with Crippen LogP contribution in [-0.2, 0) is 9.53 Å². The first-order chi connectivity index (χ1) is 15.0. The summed E-state index contributed by atoms with van der Waals surface area (Å²) >= 11 is 13.7. The Morgan fingerprint density at radius 3 is 2.90 bits per heavy atom. The Labute approximate surface area is 195 Å². The molecule has 31 heavy (non-hydrogen) atoms. The van der Waals surface area contributed by atoms with Gasteiger partial charge in [-0.05, 0) is 55.7 Å². The summed E-state index contributed by atoms with van der Waals surface area (Å²) in [6.45, 7) is 3.07. The molecule has 8 heteroatoms. The number of carbonyl (C=O) groups excluding carboxylic acids is 1. The molecule has 0 bridgehead atoms. The number of anilines is 1. The van der Waals surface area contributed by atoms with Crippen LogP contribution in [-0.4, -0.2) is 36.8 Å². The molecule has 1 unspecified atom stereocenters. The predicted molar refractivity (Wildman–Crippen MR) is 126 cm³/mol. The standard InChI is InChI=1S/C23H22Cl2N2O3S/c1-15-4-2-5-17(10-15)30-13-22(28)27(12-18-6-3-9-29-18)23-26-21(14-31-23)19-8-7-16(24)11-20(19)25/h2,4-5,7-8,10-11,14,18H,3,6,9,12-13H2,1H3. The Morgan fingerprint density at radius 1 is 1.29 bits per heavy atom. The number of hydrogen-bond acceptors (Lipinski definition) is 5. The molecule has 1 saturated heterocycles. The lowest BCUT2D eigenvalue weighted by atomic mass is 10.2. The normalized spacial score (nSPS) is 15.8. The number of rotatable bonds is 7. The highest BCUT2D eigenvalue weighted by atomic mass is 35.5. The van der Waals surface area contributed by atoms with Gasteiger partial charge in [0.1, 0.15) is 5.75 Å². The van der Waals surface area contributed by atoms with Gasteiger partial charge in [0.15, 0.2) is 11.7 Å². The summed E-state index contributed by atoms with van der Waals surface area (Å²) < 4.78 is 11.5. The van der Waals surface area contributed by atoms with Gasteiger partial charge >= 0.3 is 0 Å². The van der Waals surface area contributed by atoms with Crippen LogP contribution in [0.4, 0.5) is 5.13 Å². The minimum atomic E-state index is -0.167. The Hall–Kier alpha value is -2.12. The fraction of sp³-hybridized carbons (Fsp3) is 0.304. The van der Waals surface area contributed by atoms with Gasteiger partial charge < -0.3 is 9.47 Å². The molecule has 4 rings (SSSR count). The highest BCUT2D eigenvalue weighted by Gasteiger charge is 2.26. The minimum absolute atomic E-state index is 0.00519. The van der Waals surface area contributed by atoms with Crippen molar-refractivity contribution in [3.05, 3.63) is 63.5 Å². The lowest BCUT2D eigenvalue weighted by Crippen LogP contribution is -2.40. The molecule has 1 fully saturated rings. The smallest absolute Gasteiger partial charge is 0.266 e. The van der Waals surface area contributed by atoms with Gasteiger partial charge in [0, 0.05) is 22.6 Å². The highest BCUT2D eigenvalue weighted by Crippen LogP contribution is 2.34. The number of ether oxygens (including phenoxy) is 2. The second-order valence-electron chi connectivity index (χ2n) is 7.38. The summed E-state index contributed by atoms with van der Waals surface area (Å²) in [5.74, 6) is 0.498. The van der Waals surface area contributed by atoms with E-state index in [1.165, 1.54) is 11.3 Å². The lowest BCUT2D eigenvalue weighted by Gasteiger charge is -2.23. The van der Waals surface area contributed by atoms with Gasteiger partial charge in [0.2, 0.25) is 0 Å². The van der Waals surface area contributed by atoms with Gasteiger partial charge in [-0.15, -0.1) is 11.3 Å². The molecule has 1 atom stereocenters. The van der Waals surface area contributed by atoms with E-state index in [1.807, 2.05) is 42.6 Å². The number of nitrogens with zero attached hydrogens (tertiary/aromatic N) is 2. The number of aryl methyl sites for hydroxylation is 1. The molecule has 0 saturated carbocycles. The molecular weight excluding hydrogens is 455 g/mol. The van der Waals surface area contributed by atoms with Crippen molar-refractivity contribution in [2.24, 2.45) is 0 Å². The van der Waals surface area contributed by atoms with Gasteiger partial charge in [-0.25, -0.2) is 4.98 Å². The molecule has 5 nitrogen and oxygen atoms in total. The van der Waals surface area contributed by atoms with Crippen LogP contribution in [0, 0.1) is 6.92 Å². The van der Waals surface area contributed by atoms with E-state index in [0.29, 0.717) is 33.2 Å². The first-order valence-electron chi connectivity index (χ1n) is 10.0. The predicted octanol–water partition coefficient (Wildman–Crippen LogP) is 6.02. The topological polar surface area (TPSA) is 51.7 Å². The molecule has 2 aromatic carbocycles. The largest absolute Gasteiger partial charge is 0.484 e. The zero-order valence-electron chi connectivity index (χ0n) is 17.0. The Morgan fingerprint density at radius 2 is 2.16 bits per heavy atom. The highest BCUT2D eigenvalue weighted by molar-refractivity contribution is 7.14. The van der Waals surface area contributed by atoms with Gasteiger partial charge in [-0.3, -0.25) is 9.69 Å². The number of halogens is 2. The summed E-state index contributed by atoms with van der Waals surface area (Å²) in [4.78, 5) is 19.5. The van der Waals surface area contributed by atoms with Gasteiger partial charge in [0.05, 0.1) is 23.4 Å². The van der Waals surface area contributed by atoms with E-state index in [9.17, 15) is 4.79 Å². The number of thiazole rings is 1. The fourth-order valence-corrected chi connectivity index (χ4v) is 4.77. The van der Waals surface area contributed by atoms with Crippen LogP contribution in [0.15, 0.2) is 47.8 Å². The second-order valence-corrected chi connectivity index (χ2v) is 9.06. The molecule has 1 aromatic heterocycles. The van der Waals surface area contributed by atoms with Crippen molar-refractivity contribution in [2.75, 3.05) is 24.7 Å². The van der Waals surface area contributed by atoms with Gasteiger partial charge in [-0.2, -0.15) is 0 Å². The van der Waals surface area contributed by atoms with Crippen molar-refractivity contribution < 1.29 is 14.3 Å². The zero-order chi connectivity index (χ0) is 21.8. The number of amides is 1. The molecule has 2 heterocycles. The van der Waals surface area contributed by atoms with Crippen LogP contribution < -0.4 is 9.64 Å². The number of carbonyl (C=O) groups is 1. The van der Waals surface area contributed by atoms with Gasteiger partial charge in [0.25, 0.3) is 5.91 Å². The first kappa shape index (κ1) is 22.1. The molecule has 0 spiro atoms. The summed E-state index contributed by atoms with van der Waals surface area (Å²) in [5.41, 5.74) is 2.55. The maximum Gasteiger partial charge on any atom is 0.266 e. The van der Waals surface area contributed by atoms with Crippen molar-refractivity contribution in [3.8, 4) is 17.0 Å². The van der Waals surface area contributed by atoms with E-state index >= 15 is 0 Å². The molecule has 1 amide bonds. The monoisotopic (exact) mass is 476 g/mol. The van der Waals surface area contributed by atoms with Crippen molar-refractivity contribution >= 4 is 45.6 Å². The van der Waals surface area contributed by atoms with E-state index < -0.39 is 0 Å². The lowest BCUT2D eigenvalue weighted by molar-refractivity contribution is -0.120. The van der Waals surface area contributed by atoms with Crippen LogP contribution >= 0.6 is 34.5 Å². The number of hydrogen-bond donors (Lipinski definition) is 0. The van der Waals surface area contributed by atoms with Crippen molar-refractivity contribution in [1.82, 2.24) is 4.98 Å². The molecule has 0 radical (unpaired) electrons.